The average Bonchev–Trinajstić information content (AvgIpc) is 2.88. The molecule has 0 saturated carbocycles. The Bertz CT molecular complexity index is 383. The lowest BCUT2D eigenvalue weighted by Crippen LogP contribution is -2.06. The molecule has 4 heteroatoms. The van der Waals surface area contributed by atoms with Gasteiger partial charge in [-0.25, -0.2) is 0 Å². The van der Waals surface area contributed by atoms with Gasteiger partial charge in [0.2, 0.25) is 6.54 Å². The highest BCUT2D eigenvalue weighted by molar-refractivity contribution is 5.22. The first-order valence-electron chi connectivity index (χ1n) is 6.55. The maximum absolute atomic E-state index is 10.3. The summed E-state index contributed by atoms with van der Waals surface area (Å²) in [4.78, 5) is 10.0. The van der Waals surface area contributed by atoms with Gasteiger partial charge in [0.15, 0.2) is 0 Å². The second kappa shape index (κ2) is 6.50. The van der Waals surface area contributed by atoms with E-state index in [9.17, 15) is 10.1 Å². The summed E-state index contributed by atoms with van der Waals surface area (Å²) in [6, 6.07) is 8.14. The molecule has 1 saturated heterocycles. The molecule has 0 amide bonds. The molecule has 1 aromatic carbocycles. The fraction of sp³-hybridized carbons (Fsp3) is 0.571. The highest BCUT2D eigenvalue weighted by atomic mass is 16.6. The van der Waals surface area contributed by atoms with Crippen molar-refractivity contribution in [3.63, 3.8) is 0 Å². The number of hydrogen-bond donors (Lipinski definition) is 0. The maximum atomic E-state index is 10.3. The number of benzene rings is 1. The van der Waals surface area contributed by atoms with Crippen LogP contribution in [0.2, 0.25) is 0 Å². The summed E-state index contributed by atoms with van der Waals surface area (Å²) in [6.45, 7) is 0.916. The van der Waals surface area contributed by atoms with E-state index in [1.807, 2.05) is 12.1 Å². The molecule has 0 spiro atoms. The SMILES string of the molecule is O=[N+]([O-])CCc1ccc(CC[C@@H]2CCCO2)cc1. The van der Waals surface area contributed by atoms with Gasteiger partial charge in [-0.05, 0) is 36.8 Å². The first-order chi connectivity index (χ1) is 8.74. The van der Waals surface area contributed by atoms with Crippen molar-refractivity contribution in [1.29, 1.82) is 0 Å². The van der Waals surface area contributed by atoms with Gasteiger partial charge in [-0.1, -0.05) is 24.3 Å². The van der Waals surface area contributed by atoms with E-state index < -0.39 is 0 Å². The minimum Gasteiger partial charge on any atom is -0.378 e. The average molecular weight is 249 g/mol. The van der Waals surface area contributed by atoms with Gasteiger partial charge in [-0.15, -0.1) is 0 Å². The molecule has 0 N–H and O–H groups in total. The summed E-state index contributed by atoms with van der Waals surface area (Å²) in [7, 11) is 0. The molecule has 0 aromatic heterocycles. The smallest absolute Gasteiger partial charge is 0.207 e. The van der Waals surface area contributed by atoms with Crippen LogP contribution in [0.5, 0.6) is 0 Å². The predicted octanol–water partition coefficient (Wildman–Crippen LogP) is 2.62. The highest BCUT2D eigenvalue weighted by Gasteiger charge is 2.14. The van der Waals surface area contributed by atoms with E-state index in [-0.39, 0.29) is 11.5 Å². The minimum absolute atomic E-state index is 0.00919. The summed E-state index contributed by atoms with van der Waals surface area (Å²) in [6.07, 6.45) is 5.41. The summed E-state index contributed by atoms with van der Waals surface area (Å²) in [5, 5.41) is 10.3. The lowest BCUT2D eigenvalue weighted by Gasteiger charge is -2.09. The molecule has 1 aromatic rings. The Morgan fingerprint density at radius 2 is 1.89 bits per heavy atom. The Balaban J connectivity index is 1.77. The Hall–Kier alpha value is -1.42. The molecular weight excluding hydrogens is 230 g/mol. The molecule has 0 aliphatic carbocycles. The number of ether oxygens (including phenoxy) is 1. The van der Waals surface area contributed by atoms with Crippen LogP contribution in [0.25, 0.3) is 0 Å². The van der Waals surface area contributed by atoms with Crippen LogP contribution in [-0.2, 0) is 17.6 Å². The van der Waals surface area contributed by atoms with E-state index in [4.69, 9.17) is 4.74 Å². The molecule has 0 bridgehead atoms. The summed E-state index contributed by atoms with van der Waals surface area (Å²) < 4.78 is 5.59. The Kier molecular flexibility index (Phi) is 4.70. The molecule has 0 radical (unpaired) electrons. The van der Waals surface area contributed by atoms with Gasteiger partial charge in [0.25, 0.3) is 0 Å². The van der Waals surface area contributed by atoms with Crippen molar-refractivity contribution in [1.82, 2.24) is 0 Å². The maximum Gasteiger partial charge on any atom is 0.207 e. The molecule has 2 rings (SSSR count). The number of aryl methyl sites for hydroxylation is 1. The summed E-state index contributed by atoms with van der Waals surface area (Å²) in [5.41, 5.74) is 2.32. The van der Waals surface area contributed by atoms with Gasteiger partial charge in [-0.2, -0.15) is 0 Å². The third kappa shape index (κ3) is 4.11. The third-order valence-corrected chi connectivity index (χ3v) is 3.39. The molecule has 1 heterocycles. The van der Waals surface area contributed by atoms with Gasteiger partial charge in [0.1, 0.15) is 0 Å². The van der Waals surface area contributed by atoms with Crippen LogP contribution in [-0.4, -0.2) is 24.2 Å². The molecule has 1 aliphatic rings. The topological polar surface area (TPSA) is 52.4 Å². The minimum atomic E-state index is -0.272. The summed E-state index contributed by atoms with van der Waals surface area (Å²) >= 11 is 0. The van der Waals surface area contributed by atoms with Crippen molar-refractivity contribution >= 4 is 0 Å². The van der Waals surface area contributed by atoms with Gasteiger partial charge in [0.05, 0.1) is 6.10 Å². The number of nitrogens with zero attached hydrogens (tertiary/aromatic N) is 1. The monoisotopic (exact) mass is 249 g/mol. The van der Waals surface area contributed by atoms with E-state index in [0.717, 1.165) is 25.0 Å². The molecule has 4 nitrogen and oxygen atoms in total. The van der Waals surface area contributed by atoms with Crippen molar-refractivity contribution in [2.24, 2.45) is 0 Å². The molecule has 1 fully saturated rings. The van der Waals surface area contributed by atoms with Crippen molar-refractivity contribution < 1.29 is 9.66 Å². The van der Waals surface area contributed by atoms with E-state index in [1.54, 1.807) is 0 Å². The fourth-order valence-corrected chi connectivity index (χ4v) is 2.29. The standard InChI is InChI=1S/C14H19NO3/c16-15(17)10-9-13-5-3-12(4-6-13)7-8-14-2-1-11-18-14/h3-6,14H,1-2,7-11H2/t14-/m0/s1. The molecule has 18 heavy (non-hydrogen) atoms. The zero-order valence-electron chi connectivity index (χ0n) is 10.5. The number of nitro groups is 1. The van der Waals surface area contributed by atoms with Crippen LogP contribution >= 0.6 is 0 Å². The van der Waals surface area contributed by atoms with Crippen LogP contribution < -0.4 is 0 Å². The second-order valence-corrected chi connectivity index (χ2v) is 4.80. The van der Waals surface area contributed by atoms with Crippen LogP contribution in [0, 0.1) is 10.1 Å². The first-order valence-corrected chi connectivity index (χ1v) is 6.55. The van der Waals surface area contributed by atoms with Crippen LogP contribution in [0.1, 0.15) is 30.4 Å². The Morgan fingerprint density at radius 1 is 1.22 bits per heavy atom. The van der Waals surface area contributed by atoms with E-state index in [2.05, 4.69) is 12.1 Å². The van der Waals surface area contributed by atoms with E-state index in [1.165, 1.54) is 18.4 Å². The largest absolute Gasteiger partial charge is 0.378 e. The zero-order valence-corrected chi connectivity index (χ0v) is 10.5. The van der Waals surface area contributed by atoms with Crippen molar-refractivity contribution in [2.45, 2.75) is 38.2 Å². The van der Waals surface area contributed by atoms with Gasteiger partial charge in [-0.3, -0.25) is 10.1 Å². The van der Waals surface area contributed by atoms with Crippen molar-refractivity contribution in [3.05, 3.63) is 45.5 Å². The van der Waals surface area contributed by atoms with Gasteiger partial charge in [0, 0.05) is 18.0 Å². The Labute approximate surface area is 107 Å². The van der Waals surface area contributed by atoms with Crippen LogP contribution in [0.15, 0.2) is 24.3 Å². The van der Waals surface area contributed by atoms with Gasteiger partial charge < -0.3 is 4.74 Å². The zero-order chi connectivity index (χ0) is 12.8. The third-order valence-electron chi connectivity index (χ3n) is 3.39. The molecule has 98 valence electrons. The Morgan fingerprint density at radius 3 is 2.44 bits per heavy atom. The molecular formula is C14H19NO3. The fourth-order valence-electron chi connectivity index (χ4n) is 2.29. The molecule has 1 atom stereocenters. The summed E-state index contributed by atoms with van der Waals surface area (Å²) in [5.74, 6) is 0. The van der Waals surface area contributed by atoms with Crippen LogP contribution in [0.4, 0.5) is 0 Å². The molecule has 1 aliphatic heterocycles. The van der Waals surface area contributed by atoms with Crippen LogP contribution in [0.3, 0.4) is 0 Å². The van der Waals surface area contributed by atoms with Crippen molar-refractivity contribution in [2.75, 3.05) is 13.2 Å². The predicted molar refractivity (Wildman–Crippen MR) is 69.3 cm³/mol. The number of hydrogen-bond acceptors (Lipinski definition) is 3. The van der Waals surface area contributed by atoms with Gasteiger partial charge >= 0.3 is 0 Å². The highest BCUT2D eigenvalue weighted by Crippen LogP contribution is 2.18. The lowest BCUT2D eigenvalue weighted by molar-refractivity contribution is -0.479. The lowest BCUT2D eigenvalue weighted by atomic mass is 10.0. The van der Waals surface area contributed by atoms with E-state index >= 15 is 0 Å². The first kappa shape index (κ1) is 13.0. The quantitative estimate of drug-likeness (QED) is 0.575. The normalized spacial score (nSPS) is 19.0. The molecule has 0 unspecified atom stereocenters. The number of rotatable bonds is 6. The van der Waals surface area contributed by atoms with E-state index in [0.29, 0.717) is 12.5 Å². The van der Waals surface area contributed by atoms with Crippen molar-refractivity contribution in [3.8, 4) is 0 Å². The second-order valence-electron chi connectivity index (χ2n) is 4.80.